The zero-order valence-corrected chi connectivity index (χ0v) is 13.6. The third kappa shape index (κ3) is 2.62. The lowest BCUT2D eigenvalue weighted by molar-refractivity contribution is -0.144. The molecule has 2 aliphatic rings. The molecule has 1 aromatic rings. The van der Waals surface area contributed by atoms with E-state index in [0.717, 1.165) is 19.3 Å². The Hall–Kier alpha value is -0.920. The summed E-state index contributed by atoms with van der Waals surface area (Å²) in [5.74, 6) is -1.28. The second kappa shape index (κ2) is 5.37. The standard InChI is InChI=1S/C14H16BrNO4S/c15-10-3-1-2-4-11(10)21(19,20)16-13-9-6-5-8(7-9)12(13)14(17)18/h1-4,8-9,12-13,16H,5-7H2,(H,17,18). The van der Waals surface area contributed by atoms with Gasteiger partial charge in [0.05, 0.1) is 10.8 Å². The molecular weight excluding hydrogens is 358 g/mol. The van der Waals surface area contributed by atoms with Crippen LogP contribution in [0.1, 0.15) is 19.3 Å². The largest absolute Gasteiger partial charge is 0.481 e. The molecule has 7 heteroatoms. The van der Waals surface area contributed by atoms with Gasteiger partial charge in [-0.05, 0) is 59.2 Å². The minimum Gasteiger partial charge on any atom is -0.481 e. The Kier molecular flexibility index (Phi) is 3.83. The maximum Gasteiger partial charge on any atom is 0.308 e. The lowest BCUT2D eigenvalue weighted by Crippen LogP contribution is -2.46. The first kappa shape index (κ1) is 15.0. The highest BCUT2D eigenvalue weighted by molar-refractivity contribution is 9.10. The van der Waals surface area contributed by atoms with E-state index in [-0.39, 0.29) is 16.7 Å². The fourth-order valence-corrected chi connectivity index (χ4v) is 6.05. The van der Waals surface area contributed by atoms with Crippen LogP contribution in [-0.4, -0.2) is 25.5 Å². The van der Waals surface area contributed by atoms with Crippen LogP contribution in [0.15, 0.2) is 33.6 Å². The number of halogens is 1. The van der Waals surface area contributed by atoms with Crippen molar-refractivity contribution < 1.29 is 18.3 Å². The molecule has 5 nitrogen and oxygen atoms in total. The Morgan fingerprint density at radius 3 is 2.57 bits per heavy atom. The Labute approximate surface area is 131 Å². The molecule has 0 aromatic heterocycles. The van der Waals surface area contributed by atoms with Crippen molar-refractivity contribution in [3.05, 3.63) is 28.7 Å². The summed E-state index contributed by atoms with van der Waals surface area (Å²) in [6.07, 6.45) is 2.59. The van der Waals surface area contributed by atoms with Gasteiger partial charge in [0.2, 0.25) is 10.0 Å². The molecule has 4 atom stereocenters. The maximum absolute atomic E-state index is 12.5. The van der Waals surface area contributed by atoms with Crippen molar-refractivity contribution in [2.75, 3.05) is 0 Å². The molecule has 1 aromatic carbocycles. The van der Waals surface area contributed by atoms with E-state index in [2.05, 4.69) is 20.7 Å². The number of aliphatic carboxylic acids is 1. The average Bonchev–Trinajstić information content (AvgIpc) is 2.99. The van der Waals surface area contributed by atoms with Crippen LogP contribution >= 0.6 is 15.9 Å². The number of nitrogens with one attached hydrogen (secondary N) is 1. The van der Waals surface area contributed by atoms with Gasteiger partial charge in [-0.2, -0.15) is 0 Å². The zero-order chi connectivity index (χ0) is 15.2. The fourth-order valence-electron chi connectivity index (χ4n) is 3.72. The first-order chi connectivity index (χ1) is 9.90. The molecule has 2 bridgehead atoms. The van der Waals surface area contributed by atoms with Gasteiger partial charge in [-0.15, -0.1) is 0 Å². The molecule has 4 unspecified atom stereocenters. The van der Waals surface area contributed by atoms with E-state index in [1.165, 1.54) is 6.07 Å². The molecule has 0 heterocycles. The van der Waals surface area contributed by atoms with Gasteiger partial charge in [0, 0.05) is 10.5 Å². The lowest BCUT2D eigenvalue weighted by Gasteiger charge is -2.28. The van der Waals surface area contributed by atoms with Gasteiger partial charge in [-0.25, -0.2) is 13.1 Å². The van der Waals surface area contributed by atoms with Crippen molar-refractivity contribution in [1.82, 2.24) is 4.72 Å². The number of fused-ring (bicyclic) bond motifs is 2. The number of hydrogen-bond acceptors (Lipinski definition) is 3. The SMILES string of the molecule is O=C(O)C1C2CCC(C2)C1NS(=O)(=O)c1ccccc1Br. The molecule has 0 saturated heterocycles. The fraction of sp³-hybridized carbons (Fsp3) is 0.500. The second-order valence-electron chi connectivity index (χ2n) is 5.77. The number of carboxylic acid groups (broad SMARTS) is 1. The van der Waals surface area contributed by atoms with Gasteiger partial charge in [0.1, 0.15) is 0 Å². The van der Waals surface area contributed by atoms with Gasteiger partial charge in [-0.1, -0.05) is 12.1 Å². The summed E-state index contributed by atoms with van der Waals surface area (Å²) >= 11 is 3.23. The number of hydrogen-bond donors (Lipinski definition) is 2. The molecular formula is C14H16BrNO4S. The summed E-state index contributed by atoms with van der Waals surface area (Å²) in [6, 6.07) is 6.05. The van der Waals surface area contributed by atoms with Crippen molar-refractivity contribution in [3.8, 4) is 0 Å². The predicted octanol–water partition coefficient (Wildman–Crippen LogP) is 2.23. The molecule has 21 heavy (non-hydrogen) atoms. The van der Waals surface area contributed by atoms with E-state index in [1.54, 1.807) is 18.2 Å². The van der Waals surface area contributed by atoms with Gasteiger partial charge in [0.25, 0.3) is 0 Å². The monoisotopic (exact) mass is 373 g/mol. The molecule has 2 N–H and O–H groups in total. The maximum atomic E-state index is 12.5. The van der Waals surface area contributed by atoms with E-state index in [0.29, 0.717) is 4.47 Å². The number of rotatable bonds is 4. The predicted molar refractivity (Wildman–Crippen MR) is 80.2 cm³/mol. The molecule has 0 spiro atoms. The number of carboxylic acids is 1. The summed E-state index contributed by atoms with van der Waals surface area (Å²) in [6.45, 7) is 0. The van der Waals surface area contributed by atoms with Crippen LogP contribution in [0, 0.1) is 17.8 Å². The Balaban J connectivity index is 1.89. The summed E-state index contributed by atoms with van der Waals surface area (Å²) < 4.78 is 28.2. The number of carbonyl (C=O) groups is 1. The quantitative estimate of drug-likeness (QED) is 0.847. The van der Waals surface area contributed by atoms with Crippen LogP contribution < -0.4 is 4.72 Å². The average molecular weight is 374 g/mol. The Bertz CT molecular complexity index is 675. The first-order valence-corrected chi connectivity index (χ1v) is 9.17. The smallest absolute Gasteiger partial charge is 0.308 e. The zero-order valence-electron chi connectivity index (χ0n) is 11.2. The highest BCUT2D eigenvalue weighted by atomic mass is 79.9. The second-order valence-corrected chi connectivity index (χ2v) is 8.31. The van der Waals surface area contributed by atoms with Crippen LogP contribution in [0.5, 0.6) is 0 Å². The summed E-state index contributed by atoms with van der Waals surface area (Å²) in [7, 11) is -3.72. The van der Waals surface area contributed by atoms with Crippen LogP contribution in [0.4, 0.5) is 0 Å². The minimum atomic E-state index is -3.72. The topological polar surface area (TPSA) is 83.5 Å². The van der Waals surface area contributed by atoms with Crippen molar-refractivity contribution >= 4 is 31.9 Å². The van der Waals surface area contributed by atoms with Crippen molar-refractivity contribution in [3.63, 3.8) is 0 Å². The van der Waals surface area contributed by atoms with Crippen molar-refractivity contribution in [2.24, 2.45) is 17.8 Å². The summed E-state index contributed by atoms with van der Waals surface area (Å²) in [4.78, 5) is 11.6. The lowest BCUT2D eigenvalue weighted by atomic mass is 9.85. The highest BCUT2D eigenvalue weighted by Crippen LogP contribution is 2.49. The van der Waals surface area contributed by atoms with Crippen LogP contribution in [-0.2, 0) is 14.8 Å². The molecule has 2 saturated carbocycles. The molecule has 0 radical (unpaired) electrons. The molecule has 2 aliphatic carbocycles. The minimum absolute atomic E-state index is 0.0967. The number of benzene rings is 1. The normalized spacial score (nSPS) is 31.5. The molecule has 114 valence electrons. The summed E-state index contributed by atoms with van der Waals surface area (Å²) in [5, 5.41) is 9.38. The molecule has 2 fully saturated rings. The number of sulfonamides is 1. The van der Waals surface area contributed by atoms with Crippen molar-refractivity contribution in [2.45, 2.75) is 30.2 Å². The van der Waals surface area contributed by atoms with Gasteiger partial charge in [-0.3, -0.25) is 4.79 Å². The van der Waals surface area contributed by atoms with Gasteiger partial charge < -0.3 is 5.11 Å². The highest BCUT2D eigenvalue weighted by Gasteiger charge is 2.52. The van der Waals surface area contributed by atoms with E-state index in [9.17, 15) is 18.3 Å². The van der Waals surface area contributed by atoms with E-state index in [1.807, 2.05) is 0 Å². The van der Waals surface area contributed by atoms with E-state index < -0.39 is 28.0 Å². The Morgan fingerprint density at radius 2 is 1.90 bits per heavy atom. The van der Waals surface area contributed by atoms with Crippen LogP contribution in [0.2, 0.25) is 0 Å². The van der Waals surface area contributed by atoms with Crippen molar-refractivity contribution in [1.29, 1.82) is 0 Å². The van der Waals surface area contributed by atoms with Crippen LogP contribution in [0.3, 0.4) is 0 Å². The molecule has 3 rings (SSSR count). The van der Waals surface area contributed by atoms with Crippen LogP contribution in [0.25, 0.3) is 0 Å². The molecule has 0 aliphatic heterocycles. The first-order valence-electron chi connectivity index (χ1n) is 6.90. The van der Waals surface area contributed by atoms with E-state index >= 15 is 0 Å². The third-order valence-corrected chi connectivity index (χ3v) is 7.09. The molecule has 0 amide bonds. The van der Waals surface area contributed by atoms with E-state index in [4.69, 9.17) is 0 Å². The van der Waals surface area contributed by atoms with Gasteiger partial charge >= 0.3 is 5.97 Å². The van der Waals surface area contributed by atoms with Gasteiger partial charge in [0.15, 0.2) is 0 Å². The summed E-state index contributed by atoms with van der Waals surface area (Å²) in [5.41, 5.74) is 0. The Morgan fingerprint density at radius 1 is 1.24 bits per heavy atom. The third-order valence-electron chi connectivity index (χ3n) is 4.62.